The zero-order valence-electron chi connectivity index (χ0n) is 11.8. The molecule has 3 heteroatoms. The minimum Gasteiger partial charge on any atom is -0.274 e. The Balaban J connectivity index is 2.81. The fraction of sp³-hybridized carbons (Fsp3) is 0.500. The van der Waals surface area contributed by atoms with E-state index in [1.54, 1.807) is 24.3 Å². The summed E-state index contributed by atoms with van der Waals surface area (Å²) in [7, 11) is 0. The SMILES string of the molecule is CCCCCC(=O)N(C(=O)CCC)c1cc[c]cc1. The van der Waals surface area contributed by atoms with Gasteiger partial charge in [-0.05, 0) is 31.0 Å². The molecule has 0 saturated heterocycles. The molecule has 0 fully saturated rings. The van der Waals surface area contributed by atoms with E-state index in [4.69, 9.17) is 0 Å². The van der Waals surface area contributed by atoms with Crippen LogP contribution in [0.3, 0.4) is 0 Å². The van der Waals surface area contributed by atoms with E-state index in [1.807, 2.05) is 6.92 Å². The Morgan fingerprint density at radius 3 is 2.21 bits per heavy atom. The number of carbonyl (C=O) groups is 2. The van der Waals surface area contributed by atoms with Crippen LogP contribution in [-0.4, -0.2) is 11.8 Å². The molecule has 0 aliphatic rings. The maximum atomic E-state index is 12.2. The lowest BCUT2D eigenvalue weighted by molar-refractivity contribution is -0.126. The quantitative estimate of drug-likeness (QED) is 0.700. The molecular formula is C16H22NO2. The van der Waals surface area contributed by atoms with Gasteiger partial charge in [0.05, 0.1) is 5.69 Å². The summed E-state index contributed by atoms with van der Waals surface area (Å²) in [5.41, 5.74) is 0.652. The Bertz CT molecular complexity index is 400. The number of rotatable bonds is 7. The van der Waals surface area contributed by atoms with Crippen molar-refractivity contribution in [1.29, 1.82) is 0 Å². The van der Waals surface area contributed by atoms with E-state index >= 15 is 0 Å². The maximum absolute atomic E-state index is 12.2. The minimum atomic E-state index is -0.116. The zero-order chi connectivity index (χ0) is 14.1. The van der Waals surface area contributed by atoms with Crippen LogP contribution in [0, 0.1) is 6.07 Å². The highest BCUT2D eigenvalue weighted by molar-refractivity contribution is 6.14. The molecule has 1 rings (SSSR count). The molecule has 0 aliphatic heterocycles. The number of anilines is 1. The van der Waals surface area contributed by atoms with E-state index in [0.717, 1.165) is 25.7 Å². The lowest BCUT2D eigenvalue weighted by Crippen LogP contribution is -2.36. The summed E-state index contributed by atoms with van der Waals surface area (Å²) in [6, 6.07) is 9.86. The lowest BCUT2D eigenvalue weighted by Gasteiger charge is -2.20. The second-order valence-corrected chi connectivity index (χ2v) is 4.59. The summed E-state index contributed by atoms with van der Waals surface area (Å²) in [4.78, 5) is 25.7. The van der Waals surface area contributed by atoms with Gasteiger partial charge in [0.25, 0.3) is 0 Å². The first-order valence-electron chi connectivity index (χ1n) is 7.02. The molecule has 0 saturated carbocycles. The van der Waals surface area contributed by atoms with Crippen molar-refractivity contribution in [2.24, 2.45) is 0 Å². The molecule has 1 aromatic carbocycles. The minimum absolute atomic E-state index is 0.0990. The molecule has 0 heterocycles. The number of benzene rings is 1. The van der Waals surface area contributed by atoms with Crippen molar-refractivity contribution in [2.45, 2.75) is 52.4 Å². The molecule has 1 radical (unpaired) electrons. The number of nitrogens with zero attached hydrogens (tertiary/aromatic N) is 1. The summed E-state index contributed by atoms with van der Waals surface area (Å²) in [5.74, 6) is -0.215. The van der Waals surface area contributed by atoms with E-state index in [0.29, 0.717) is 18.5 Å². The number of unbranched alkanes of at least 4 members (excludes halogenated alkanes) is 2. The molecule has 0 unspecified atom stereocenters. The predicted octanol–water partition coefficient (Wildman–Crippen LogP) is 3.73. The Kier molecular flexibility index (Phi) is 6.86. The van der Waals surface area contributed by atoms with Gasteiger partial charge in [-0.25, -0.2) is 0 Å². The largest absolute Gasteiger partial charge is 0.274 e. The number of carbonyl (C=O) groups excluding carboxylic acids is 2. The van der Waals surface area contributed by atoms with Crippen LogP contribution in [0.2, 0.25) is 0 Å². The van der Waals surface area contributed by atoms with Crippen LogP contribution >= 0.6 is 0 Å². The van der Waals surface area contributed by atoms with E-state index in [1.165, 1.54) is 4.90 Å². The first-order chi connectivity index (χ1) is 9.20. The Labute approximate surface area is 115 Å². The smallest absolute Gasteiger partial charge is 0.233 e. The summed E-state index contributed by atoms with van der Waals surface area (Å²) < 4.78 is 0. The fourth-order valence-electron chi connectivity index (χ4n) is 1.92. The maximum Gasteiger partial charge on any atom is 0.233 e. The number of hydrogen-bond acceptors (Lipinski definition) is 2. The van der Waals surface area contributed by atoms with Crippen molar-refractivity contribution in [3.05, 3.63) is 30.3 Å². The van der Waals surface area contributed by atoms with Gasteiger partial charge in [-0.3, -0.25) is 14.5 Å². The van der Waals surface area contributed by atoms with E-state index in [2.05, 4.69) is 13.0 Å². The summed E-state index contributed by atoms with van der Waals surface area (Å²) in [5, 5.41) is 0. The van der Waals surface area contributed by atoms with Gasteiger partial charge in [0.2, 0.25) is 11.8 Å². The van der Waals surface area contributed by atoms with Gasteiger partial charge in [0.1, 0.15) is 0 Å². The van der Waals surface area contributed by atoms with Gasteiger partial charge >= 0.3 is 0 Å². The molecule has 2 amide bonds. The predicted molar refractivity (Wildman–Crippen MR) is 76.8 cm³/mol. The van der Waals surface area contributed by atoms with Gasteiger partial charge in [-0.2, -0.15) is 0 Å². The Hall–Kier alpha value is -1.64. The van der Waals surface area contributed by atoms with Crippen LogP contribution in [0.25, 0.3) is 0 Å². The highest BCUT2D eigenvalue weighted by Crippen LogP contribution is 2.17. The van der Waals surface area contributed by atoms with Crippen molar-refractivity contribution >= 4 is 17.5 Å². The molecule has 1 aromatic rings. The van der Waals surface area contributed by atoms with Crippen molar-refractivity contribution in [2.75, 3.05) is 4.90 Å². The highest BCUT2D eigenvalue weighted by Gasteiger charge is 2.21. The topological polar surface area (TPSA) is 37.4 Å². The van der Waals surface area contributed by atoms with Crippen LogP contribution in [0.5, 0.6) is 0 Å². The number of amides is 2. The Morgan fingerprint density at radius 1 is 1.00 bits per heavy atom. The molecule has 0 aliphatic carbocycles. The van der Waals surface area contributed by atoms with Crippen molar-refractivity contribution in [1.82, 2.24) is 0 Å². The summed E-state index contributed by atoms with van der Waals surface area (Å²) in [6.07, 6.45) is 4.50. The molecule has 3 nitrogen and oxygen atoms in total. The van der Waals surface area contributed by atoms with Crippen molar-refractivity contribution in [3.63, 3.8) is 0 Å². The number of hydrogen-bond donors (Lipinski definition) is 0. The molecule has 19 heavy (non-hydrogen) atoms. The Morgan fingerprint density at radius 2 is 1.63 bits per heavy atom. The molecule has 0 spiro atoms. The van der Waals surface area contributed by atoms with E-state index < -0.39 is 0 Å². The highest BCUT2D eigenvalue weighted by atomic mass is 16.2. The van der Waals surface area contributed by atoms with Crippen LogP contribution in [0.4, 0.5) is 5.69 Å². The van der Waals surface area contributed by atoms with Crippen LogP contribution in [-0.2, 0) is 9.59 Å². The molecule has 0 atom stereocenters. The van der Waals surface area contributed by atoms with Crippen LogP contribution < -0.4 is 4.90 Å². The first kappa shape index (κ1) is 15.4. The van der Waals surface area contributed by atoms with E-state index in [9.17, 15) is 9.59 Å². The second kappa shape index (κ2) is 8.46. The molecule has 0 aromatic heterocycles. The normalized spacial score (nSPS) is 10.2. The fourth-order valence-corrected chi connectivity index (χ4v) is 1.92. The summed E-state index contributed by atoms with van der Waals surface area (Å²) >= 11 is 0. The average Bonchev–Trinajstić information content (AvgIpc) is 2.41. The van der Waals surface area contributed by atoms with Gasteiger partial charge in [0.15, 0.2) is 0 Å². The zero-order valence-corrected chi connectivity index (χ0v) is 11.8. The third kappa shape index (κ3) is 4.86. The molecule has 0 N–H and O–H groups in total. The van der Waals surface area contributed by atoms with Crippen LogP contribution in [0.1, 0.15) is 52.4 Å². The monoisotopic (exact) mass is 260 g/mol. The van der Waals surface area contributed by atoms with Gasteiger partial charge in [-0.15, -0.1) is 0 Å². The number of imide groups is 1. The average molecular weight is 260 g/mol. The van der Waals surface area contributed by atoms with E-state index in [-0.39, 0.29) is 11.8 Å². The van der Waals surface area contributed by atoms with Crippen LogP contribution in [0.15, 0.2) is 24.3 Å². The summed E-state index contributed by atoms with van der Waals surface area (Å²) in [6.45, 7) is 4.04. The van der Waals surface area contributed by atoms with Gasteiger partial charge in [0, 0.05) is 12.8 Å². The van der Waals surface area contributed by atoms with Crippen molar-refractivity contribution in [3.8, 4) is 0 Å². The lowest BCUT2D eigenvalue weighted by atomic mass is 10.1. The standard InChI is InChI=1S/C16H22NO2/c1-3-5-7-13-16(19)17(15(18)10-4-2)14-11-8-6-9-12-14/h8-9,11-12H,3-5,7,10,13H2,1-2H3. The molecular weight excluding hydrogens is 238 g/mol. The first-order valence-corrected chi connectivity index (χ1v) is 7.02. The second-order valence-electron chi connectivity index (χ2n) is 4.59. The van der Waals surface area contributed by atoms with Gasteiger partial charge < -0.3 is 0 Å². The van der Waals surface area contributed by atoms with Gasteiger partial charge in [-0.1, -0.05) is 38.8 Å². The third-order valence-corrected chi connectivity index (χ3v) is 2.92. The third-order valence-electron chi connectivity index (χ3n) is 2.92. The molecule has 0 bridgehead atoms. The van der Waals surface area contributed by atoms with Crippen molar-refractivity contribution < 1.29 is 9.59 Å². The molecule has 103 valence electrons.